The van der Waals surface area contributed by atoms with Crippen molar-refractivity contribution in [3.05, 3.63) is 76.7 Å². The van der Waals surface area contributed by atoms with Crippen LogP contribution in [0.5, 0.6) is 0 Å². The van der Waals surface area contributed by atoms with Crippen molar-refractivity contribution in [1.82, 2.24) is 0 Å². The largest absolute Gasteiger partial charge is 0.434 e. The van der Waals surface area contributed by atoms with Crippen LogP contribution in [0.4, 0.5) is 18.9 Å². The van der Waals surface area contributed by atoms with Crippen molar-refractivity contribution in [1.29, 1.82) is 5.26 Å². The molecule has 0 saturated carbocycles. The first-order valence-corrected chi connectivity index (χ1v) is 16.2. The van der Waals surface area contributed by atoms with Gasteiger partial charge in [-0.15, -0.1) is 0 Å². The Morgan fingerprint density at radius 1 is 1.21 bits per heavy atom. The standard InChI is InChI=1S/C26H23BF3IN2O4S2/c1-36-27(31)38-10-12-39-11-9-25(39,16-37-15-17-5-3-2-4-6-17)21-22(39)24(35)33(23(21)34)19-8-7-18(14-32)20(13-19)26(28,29)30/h2-9,11,13,21-22H,10,12,15-16H2,1H3. The molecule has 39 heavy (non-hydrogen) atoms. The third kappa shape index (κ3) is 4.62. The summed E-state index contributed by atoms with van der Waals surface area (Å²) in [7, 11) is -0.166. The van der Waals surface area contributed by atoms with Gasteiger partial charge in [-0.3, -0.25) is 9.59 Å². The van der Waals surface area contributed by atoms with E-state index in [1.165, 1.54) is 12.1 Å². The predicted molar refractivity (Wildman–Crippen MR) is 156 cm³/mol. The Morgan fingerprint density at radius 3 is 2.56 bits per heavy atom. The van der Waals surface area contributed by atoms with E-state index in [0.717, 1.165) is 22.6 Å². The highest BCUT2D eigenvalue weighted by Crippen LogP contribution is 2.85. The predicted octanol–water partition coefficient (Wildman–Crippen LogP) is 5.54. The fraction of sp³-hybridized carbons (Fsp3) is 0.346. The Labute approximate surface area is 243 Å². The summed E-state index contributed by atoms with van der Waals surface area (Å²) in [6, 6.07) is 14.1. The van der Waals surface area contributed by atoms with Crippen LogP contribution in [0, 0.1) is 17.2 Å². The van der Waals surface area contributed by atoms with E-state index in [-0.39, 0.29) is 16.3 Å². The second-order valence-corrected chi connectivity index (χ2v) is 16.2. The van der Waals surface area contributed by atoms with Gasteiger partial charge in [-0.2, -0.15) is 40.1 Å². The number of nitriles is 1. The lowest BCUT2D eigenvalue weighted by Gasteiger charge is -2.72. The van der Waals surface area contributed by atoms with E-state index in [1.54, 1.807) is 18.7 Å². The highest BCUT2D eigenvalue weighted by molar-refractivity contribution is 14.1. The molecule has 4 atom stereocenters. The van der Waals surface area contributed by atoms with Gasteiger partial charge in [-0.25, -0.2) is 4.90 Å². The molecule has 0 bridgehead atoms. The molecule has 0 spiro atoms. The number of halogens is 4. The molecule has 3 aliphatic heterocycles. The van der Waals surface area contributed by atoms with Crippen LogP contribution in [0.1, 0.15) is 16.7 Å². The van der Waals surface area contributed by atoms with Crippen LogP contribution in [0.3, 0.4) is 0 Å². The van der Waals surface area contributed by atoms with E-state index < -0.39 is 55.1 Å². The maximum absolute atomic E-state index is 13.8. The maximum Gasteiger partial charge on any atom is 0.434 e. The number of nitrogens with zero attached hydrogens (tertiary/aromatic N) is 2. The van der Waals surface area contributed by atoms with Crippen molar-refractivity contribution in [2.75, 3.05) is 30.1 Å². The fourth-order valence-corrected chi connectivity index (χ4v) is 12.6. The van der Waals surface area contributed by atoms with Crippen molar-refractivity contribution < 1.29 is 32.2 Å². The van der Waals surface area contributed by atoms with Crippen LogP contribution < -0.4 is 4.90 Å². The first-order valence-electron chi connectivity index (χ1n) is 12.0. The minimum atomic E-state index is -4.81. The van der Waals surface area contributed by atoms with Crippen LogP contribution in [-0.4, -0.2) is 51.1 Å². The van der Waals surface area contributed by atoms with Crippen molar-refractivity contribution in [2.24, 2.45) is 5.92 Å². The number of fused-ring (bicyclic) bond motifs is 4. The molecular formula is C26H23BF3IN2O4S2. The van der Waals surface area contributed by atoms with Crippen molar-refractivity contribution in [3.63, 3.8) is 0 Å². The SMILES string of the molecule is COB(I)SCCS12C=CC1(COCc1ccccc1)C1C(=O)N(c3ccc(C#N)c(C(F)(F)F)c3)C(=O)C12. The number of amides is 2. The smallest absolute Gasteiger partial charge is 0.420 e. The number of hydrogen-bond donors (Lipinski definition) is 0. The Morgan fingerprint density at radius 2 is 1.95 bits per heavy atom. The summed E-state index contributed by atoms with van der Waals surface area (Å²) in [5, 5.41) is 10.6. The molecule has 2 saturated heterocycles. The number of rotatable bonds is 10. The van der Waals surface area contributed by atoms with Crippen LogP contribution in [0.2, 0.25) is 0 Å². The summed E-state index contributed by atoms with van der Waals surface area (Å²) in [4.78, 5) is 28.4. The minimum Gasteiger partial charge on any atom is -0.420 e. The normalized spacial score (nSPS) is 28.6. The number of ether oxygens (including phenoxy) is 1. The van der Waals surface area contributed by atoms with Gasteiger partial charge in [-0.05, 0) is 40.7 Å². The molecule has 2 aromatic carbocycles. The fourth-order valence-electron chi connectivity index (χ4n) is 5.68. The molecule has 0 radical (unpaired) electrons. The van der Waals surface area contributed by atoms with Crippen LogP contribution in [0.25, 0.3) is 0 Å². The van der Waals surface area contributed by atoms with Gasteiger partial charge < -0.3 is 9.39 Å². The van der Waals surface area contributed by atoms with Gasteiger partial charge in [0.25, 0.3) is 0 Å². The topological polar surface area (TPSA) is 79.6 Å². The molecule has 2 aromatic rings. The summed E-state index contributed by atoms with van der Waals surface area (Å²) in [6.45, 7) is 0.583. The molecular weight excluding hydrogens is 663 g/mol. The zero-order chi connectivity index (χ0) is 28.0. The molecule has 0 aliphatic carbocycles. The number of hydrogen-bond acceptors (Lipinski definition) is 6. The monoisotopic (exact) mass is 686 g/mol. The van der Waals surface area contributed by atoms with Crippen molar-refractivity contribution in [2.45, 2.75) is 22.8 Å². The van der Waals surface area contributed by atoms with Crippen LogP contribution in [-0.2, 0) is 31.8 Å². The quantitative estimate of drug-likeness (QED) is 0.186. The average molecular weight is 686 g/mol. The van der Waals surface area contributed by atoms with Gasteiger partial charge in [0, 0.05) is 7.11 Å². The first-order chi connectivity index (χ1) is 18.6. The van der Waals surface area contributed by atoms with Gasteiger partial charge in [0.1, 0.15) is 0 Å². The van der Waals surface area contributed by atoms with Gasteiger partial charge in [0.2, 0.25) is 11.8 Å². The summed E-state index contributed by atoms with van der Waals surface area (Å²) < 4.78 is 51.7. The lowest BCUT2D eigenvalue weighted by molar-refractivity contribution is -0.138. The number of benzene rings is 2. The molecule has 4 unspecified atom stereocenters. The van der Waals surface area contributed by atoms with E-state index in [0.29, 0.717) is 18.1 Å². The molecule has 0 N–H and O–H groups in total. The summed E-state index contributed by atoms with van der Waals surface area (Å²) in [5.74, 6) is -0.338. The van der Waals surface area contributed by atoms with Crippen LogP contribution in [0.15, 0.2) is 60.0 Å². The van der Waals surface area contributed by atoms with Gasteiger partial charge in [0.15, 0.2) is 0 Å². The lowest BCUT2D eigenvalue weighted by Crippen LogP contribution is -2.68. The molecule has 6 nitrogen and oxygen atoms in total. The molecule has 3 aliphatic rings. The summed E-state index contributed by atoms with van der Waals surface area (Å²) >= 11 is 3.77. The Hall–Kier alpha value is -1.99. The Balaban J connectivity index is 1.45. The number of carbonyl (C=O) groups excluding carboxylic acids is 2. The Kier molecular flexibility index (Phi) is 7.89. The molecule has 5 rings (SSSR count). The highest BCUT2D eigenvalue weighted by atomic mass is 127. The molecule has 204 valence electrons. The number of alkyl halides is 3. The highest BCUT2D eigenvalue weighted by Gasteiger charge is 2.79. The Bertz CT molecular complexity index is 1380. The van der Waals surface area contributed by atoms with Gasteiger partial charge in [-0.1, -0.05) is 58.8 Å². The summed E-state index contributed by atoms with van der Waals surface area (Å²) in [6.07, 6.45) is -2.84. The molecule has 3 heterocycles. The second-order valence-electron chi connectivity index (χ2n) is 9.42. The minimum absolute atomic E-state index is 0.0705. The van der Waals surface area contributed by atoms with Crippen LogP contribution >= 0.6 is 44.0 Å². The number of anilines is 1. The number of carbonyl (C=O) groups is 2. The average Bonchev–Trinajstić information content (AvgIpc) is 3.16. The third-order valence-electron chi connectivity index (χ3n) is 7.51. The van der Waals surface area contributed by atoms with Gasteiger partial charge in [0.05, 0.1) is 52.0 Å². The van der Waals surface area contributed by atoms with E-state index in [2.05, 4.69) is 22.4 Å². The van der Waals surface area contributed by atoms with Crippen molar-refractivity contribution >= 4 is 65.6 Å². The van der Waals surface area contributed by atoms with E-state index >= 15 is 0 Å². The number of imide groups is 1. The van der Waals surface area contributed by atoms with E-state index in [9.17, 15) is 22.8 Å². The zero-order valence-corrected chi connectivity index (χ0v) is 24.5. The second kappa shape index (κ2) is 10.8. The third-order valence-corrected chi connectivity index (χ3v) is 15.1. The molecule has 2 amide bonds. The molecule has 2 fully saturated rings. The first kappa shape index (κ1) is 28.5. The molecule has 0 aromatic heterocycles. The van der Waals surface area contributed by atoms with E-state index in [1.807, 2.05) is 41.8 Å². The van der Waals surface area contributed by atoms with E-state index in [4.69, 9.17) is 14.7 Å². The molecule has 13 heteroatoms. The van der Waals surface area contributed by atoms with Crippen molar-refractivity contribution in [3.8, 4) is 6.07 Å². The van der Waals surface area contributed by atoms with Gasteiger partial charge >= 0.3 is 10.2 Å². The lowest BCUT2D eigenvalue weighted by atomic mass is 9.87. The maximum atomic E-state index is 13.8. The zero-order valence-electron chi connectivity index (χ0n) is 20.7. The summed E-state index contributed by atoms with van der Waals surface area (Å²) in [5.41, 5.74) is -0.923.